The maximum absolute atomic E-state index is 6.48. The first-order valence-corrected chi connectivity index (χ1v) is 8.41. The number of allylic oxidation sites excluding steroid dienone is 2. The number of benzene rings is 2. The zero-order valence-electron chi connectivity index (χ0n) is 12.1. The molecule has 2 heteroatoms. The smallest absolute Gasteiger partial charge is 0.0262 e. The predicted molar refractivity (Wildman–Crippen MR) is 95.3 cm³/mol. The van der Waals surface area contributed by atoms with Gasteiger partial charge in [0.15, 0.2) is 0 Å². The quantitative estimate of drug-likeness (QED) is 0.602. The first-order valence-electron chi connectivity index (χ1n) is 7.66. The van der Waals surface area contributed by atoms with Crippen LogP contribution in [0.2, 0.25) is 0 Å². The van der Waals surface area contributed by atoms with Gasteiger partial charge in [0.25, 0.3) is 0 Å². The second-order valence-electron chi connectivity index (χ2n) is 6.00. The van der Waals surface area contributed by atoms with Gasteiger partial charge < -0.3 is 0 Å². The first-order chi connectivity index (χ1) is 10.7. The van der Waals surface area contributed by atoms with Gasteiger partial charge in [-0.3, -0.25) is 0 Å². The van der Waals surface area contributed by atoms with E-state index in [2.05, 4.69) is 60.7 Å². The molecule has 0 bridgehead atoms. The van der Waals surface area contributed by atoms with Crippen LogP contribution in [-0.4, -0.2) is 0 Å². The summed E-state index contributed by atoms with van der Waals surface area (Å²) in [5, 5.41) is 1.90. The lowest BCUT2D eigenvalue weighted by Gasteiger charge is -2.18. The summed E-state index contributed by atoms with van der Waals surface area (Å²) in [5.41, 5.74) is 5.20. The van der Waals surface area contributed by atoms with Gasteiger partial charge in [-0.2, -0.15) is 0 Å². The molecule has 0 amide bonds. The van der Waals surface area contributed by atoms with Gasteiger partial charge >= 0.3 is 0 Å². The molecule has 4 rings (SSSR count). The minimum atomic E-state index is 0.315. The Bertz CT molecular complexity index is 718. The van der Waals surface area contributed by atoms with Gasteiger partial charge in [0.05, 0.1) is 0 Å². The van der Waals surface area contributed by atoms with Crippen LogP contribution in [0.4, 0.5) is 0 Å². The van der Waals surface area contributed by atoms with Crippen molar-refractivity contribution in [2.45, 2.75) is 24.7 Å². The summed E-state index contributed by atoms with van der Waals surface area (Å²) >= 11 is 13.0. The van der Waals surface area contributed by atoms with Crippen molar-refractivity contribution in [2.24, 2.45) is 0 Å². The molecule has 0 heterocycles. The fourth-order valence-corrected chi connectivity index (χ4v) is 4.32. The molecule has 2 aliphatic carbocycles. The number of fused-ring (bicyclic) bond motifs is 2. The summed E-state index contributed by atoms with van der Waals surface area (Å²) < 4.78 is 0. The third kappa shape index (κ3) is 2.31. The molecule has 2 atom stereocenters. The van der Waals surface area contributed by atoms with Gasteiger partial charge in [-0.1, -0.05) is 71.7 Å². The molecule has 0 aromatic heterocycles. The van der Waals surface area contributed by atoms with Crippen LogP contribution in [0.5, 0.6) is 0 Å². The molecular formula is C20H16Cl2. The zero-order chi connectivity index (χ0) is 15.1. The van der Waals surface area contributed by atoms with Crippen molar-refractivity contribution in [3.8, 4) is 0 Å². The Balaban J connectivity index is 1.55. The topological polar surface area (TPSA) is 0 Å². The molecule has 0 nitrogen and oxygen atoms in total. The lowest BCUT2D eigenvalue weighted by atomic mass is 9.89. The van der Waals surface area contributed by atoms with E-state index in [-0.39, 0.29) is 0 Å². The molecule has 2 unspecified atom stereocenters. The third-order valence-electron chi connectivity index (χ3n) is 4.74. The van der Waals surface area contributed by atoms with Gasteiger partial charge in [-0.05, 0) is 47.2 Å². The molecule has 0 saturated heterocycles. The molecule has 0 aliphatic heterocycles. The molecule has 2 aromatic rings. The van der Waals surface area contributed by atoms with E-state index in [0.717, 1.165) is 22.9 Å². The van der Waals surface area contributed by atoms with Crippen molar-refractivity contribution in [3.05, 3.63) is 80.8 Å². The van der Waals surface area contributed by atoms with Crippen LogP contribution in [0.25, 0.3) is 12.2 Å². The SMILES string of the molecule is ClC1=Cc2ccccc2C1CCC1C(Cl)=Cc2ccccc21. The van der Waals surface area contributed by atoms with Gasteiger partial charge in [-0.15, -0.1) is 0 Å². The van der Waals surface area contributed by atoms with Gasteiger partial charge in [0.1, 0.15) is 0 Å². The molecule has 0 N–H and O–H groups in total. The highest BCUT2D eigenvalue weighted by Gasteiger charge is 2.28. The van der Waals surface area contributed by atoms with Crippen molar-refractivity contribution in [1.82, 2.24) is 0 Å². The Morgan fingerprint density at radius 1 is 0.636 bits per heavy atom. The largest absolute Gasteiger partial charge is 0.0885 e. The maximum Gasteiger partial charge on any atom is 0.0262 e. The van der Waals surface area contributed by atoms with Crippen LogP contribution in [0.1, 0.15) is 46.9 Å². The van der Waals surface area contributed by atoms with E-state index in [1.165, 1.54) is 22.3 Å². The van der Waals surface area contributed by atoms with Crippen LogP contribution in [0.3, 0.4) is 0 Å². The summed E-state index contributed by atoms with van der Waals surface area (Å²) in [4.78, 5) is 0. The van der Waals surface area contributed by atoms with Crippen molar-refractivity contribution in [3.63, 3.8) is 0 Å². The van der Waals surface area contributed by atoms with E-state index in [1.807, 2.05) is 0 Å². The standard InChI is InChI=1S/C20H16Cl2/c21-19-11-13-5-1-3-7-15(13)17(19)9-10-18-16-8-4-2-6-14(16)12-20(18)22/h1-8,11-12,17-18H,9-10H2. The van der Waals surface area contributed by atoms with Gasteiger partial charge in [0, 0.05) is 21.9 Å². The van der Waals surface area contributed by atoms with Gasteiger partial charge in [0.2, 0.25) is 0 Å². The third-order valence-corrected chi connectivity index (χ3v) is 5.48. The zero-order valence-corrected chi connectivity index (χ0v) is 13.6. The predicted octanol–water partition coefficient (Wildman–Crippen LogP) is 6.52. The van der Waals surface area contributed by atoms with Crippen LogP contribution in [0, 0.1) is 0 Å². The molecule has 2 aliphatic rings. The average Bonchev–Trinajstić information content (AvgIpc) is 3.01. The maximum atomic E-state index is 6.48. The first kappa shape index (κ1) is 14.1. The highest BCUT2D eigenvalue weighted by Crippen LogP contribution is 2.46. The van der Waals surface area contributed by atoms with Crippen LogP contribution < -0.4 is 0 Å². The van der Waals surface area contributed by atoms with Crippen molar-refractivity contribution >= 4 is 35.4 Å². The molecule has 0 fully saturated rings. The van der Waals surface area contributed by atoms with Crippen LogP contribution >= 0.6 is 23.2 Å². The normalized spacial score (nSPS) is 22.1. The lowest BCUT2D eigenvalue weighted by molar-refractivity contribution is 0.632. The van der Waals surface area contributed by atoms with E-state index in [4.69, 9.17) is 23.2 Å². The highest BCUT2D eigenvalue weighted by atomic mass is 35.5. The average molecular weight is 327 g/mol. The van der Waals surface area contributed by atoms with Gasteiger partial charge in [-0.25, -0.2) is 0 Å². The van der Waals surface area contributed by atoms with E-state index in [0.29, 0.717) is 11.8 Å². The molecule has 2 aromatic carbocycles. The Hall–Kier alpha value is -1.50. The molecule has 22 heavy (non-hydrogen) atoms. The van der Waals surface area contributed by atoms with Crippen LogP contribution in [-0.2, 0) is 0 Å². The molecule has 0 saturated carbocycles. The van der Waals surface area contributed by atoms with Crippen molar-refractivity contribution in [1.29, 1.82) is 0 Å². The van der Waals surface area contributed by atoms with E-state index in [1.54, 1.807) is 0 Å². The Labute approximate surface area is 141 Å². The van der Waals surface area contributed by atoms with E-state index >= 15 is 0 Å². The summed E-state index contributed by atoms with van der Waals surface area (Å²) in [6.45, 7) is 0. The number of hydrogen-bond acceptors (Lipinski definition) is 0. The number of rotatable bonds is 3. The Morgan fingerprint density at radius 2 is 1.05 bits per heavy atom. The van der Waals surface area contributed by atoms with Crippen LogP contribution in [0.15, 0.2) is 58.6 Å². The minimum Gasteiger partial charge on any atom is -0.0885 e. The number of hydrogen-bond donors (Lipinski definition) is 0. The highest BCUT2D eigenvalue weighted by molar-refractivity contribution is 6.33. The fraction of sp³-hybridized carbons (Fsp3) is 0.200. The molecule has 0 spiro atoms. The molecule has 0 radical (unpaired) electrons. The summed E-state index contributed by atoms with van der Waals surface area (Å²) in [6, 6.07) is 17.0. The summed E-state index contributed by atoms with van der Waals surface area (Å²) in [5.74, 6) is 0.630. The van der Waals surface area contributed by atoms with Crippen molar-refractivity contribution < 1.29 is 0 Å². The van der Waals surface area contributed by atoms with E-state index < -0.39 is 0 Å². The molecule has 110 valence electrons. The van der Waals surface area contributed by atoms with E-state index in [9.17, 15) is 0 Å². The second kappa shape index (κ2) is 5.61. The summed E-state index contributed by atoms with van der Waals surface area (Å²) in [6.07, 6.45) is 6.24. The van der Waals surface area contributed by atoms with Crippen molar-refractivity contribution in [2.75, 3.05) is 0 Å². The Morgan fingerprint density at radius 3 is 1.50 bits per heavy atom. The Kier molecular flexibility index (Phi) is 3.60. The minimum absolute atomic E-state index is 0.315. The monoisotopic (exact) mass is 326 g/mol. The lowest BCUT2D eigenvalue weighted by Crippen LogP contribution is -2.02. The fourth-order valence-electron chi connectivity index (χ4n) is 3.63. The molecular weight excluding hydrogens is 311 g/mol. The summed E-state index contributed by atoms with van der Waals surface area (Å²) in [7, 11) is 0. The second-order valence-corrected chi connectivity index (χ2v) is 6.87. The number of halogens is 2.